The molecule has 2 heterocycles. The van der Waals surface area contributed by atoms with Crippen molar-refractivity contribution in [1.29, 1.82) is 0 Å². The molecule has 152 valence electrons. The summed E-state index contributed by atoms with van der Waals surface area (Å²) < 4.78 is 1.22. The Labute approximate surface area is 188 Å². The van der Waals surface area contributed by atoms with Crippen LogP contribution in [0.4, 0.5) is 0 Å². The largest absolute Gasteiger partial charge is 0.255 e. The van der Waals surface area contributed by atoms with Crippen molar-refractivity contribution in [2.24, 2.45) is 0 Å². The Bertz CT molecular complexity index is 1370. The lowest BCUT2D eigenvalue weighted by molar-refractivity contribution is 1.33. The molecule has 0 fully saturated rings. The van der Waals surface area contributed by atoms with Gasteiger partial charge in [0.25, 0.3) is 0 Å². The summed E-state index contributed by atoms with van der Waals surface area (Å²) in [5, 5.41) is 1.25. The Hall–Kier alpha value is -3.23. The highest BCUT2D eigenvalue weighted by Crippen LogP contribution is 2.36. The predicted octanol–water partition coefficient (Wildman–Crippen LogP) is 8.53. The summed E-state index contributed by atoms with van der Waals surface area (Å²) >= 11 is 1.81. The molecule has 0 N–H and O–H groups in total. The molecule has 2 heteroatoms. The first kappa shape index (κ1) is 19.7. The summed E-state index contributed by atoms with van der Waals surface area (Å²) in [5.41, 5.74) is 11.3. The first-order valence-electron chi connectivity index (χ1n) is 10.6. The molecule has 5 rings (SSSR count). The van der Waals surface area contributed by atoms with Gasteiger partial charge in [0.15, 0.2) is 0 Å². The van der Waals surface area contributed by atoms with Gasteiger partial charge >= 0.3 is 0 Å². The number of nitrogens with zero attached hydrogens (tertiary/aromatic N) is 1. The maximum absolute atomic E-state index is 4.75. The van der Waals surface area contributed by atoms with Gasteiger partial charge in [-0.15, -0.1) is 11.3 Å². The summed E-state index contributed by atoms with van der Waals surface area (Å²) in [4.78, 5) is 6.03. The average Bonchev–Trinajstić information content (AvgIpc) is 3.17. The molecule has 0 radical (unpaired) electrons. The first-order chi connectivity index (χ1) is 15.0. The molecule has 0 saturated heterocycles. The van der Waals surface area contributed by atoms with Crippen LogP contribution < -0.4 is 0 Å². The highest BCUT2D eigenvalue weighted by Gasteiger charge is 2.10. The van der Waals surface area contributed by atoms with Gasteiger partial charge in [-0.05, 0) is 85.2 Å². The van der Waals surface area contributed by atoms with E-state index in [1.165, 1.54) is 59.5 Å². The van der Waals surface area contributed by atoms with E-state index in [2.05, 4.69) is 100 Å². The molecular weight excluding hydrogens is 394 g/mol. The van der Waals surface area contributed by atoms with E-state index in [-0.39, 0.29) is 0 Å². The van der Waals surface area contributed by atoms with Gasteiger partial charge in [-0.25, -0.2) is 0 Å². The van der Waals surface area contributed by atoms with Gasteiger partial charge in [0.1, 0.15) is 0 Å². The average molecular weight is 420 g/mol. The summed E-state index contributed by atoms with van der Waals surface area (Å²) in [6.45, 7) is 8.64. The van der Waals surface area contributed by atoms with E-state index in [1.54, 1.807) is 11.3 Å². The van der Waals surface area contributed by atoms with Gasteiger partial charge in [0, 0.05) is 16.6 Å². The number of rotatable bonds is 3. The lowest BCUT2D eigenvalue weighted by Gasteiger charge is -2.10. The van der Waals surface area contributed by atoms with Crippen molar-refractivity contribution >= 4 is 21.4 Å². The van der Waals surface area contributed by atoms with Crippen LogP contribution in [0.3, 0.4) is 0 Å². The third-order valence-electron chi connectivity index (χ3n) is 5.86. The van der Waals surface area contributed by atoms with Crippen LogP contribution in [-0.4, -0.2) is 4.98 Å². The summed E-state index contributed by atoms with van der Waals surface area (Å²) in [6, 6.07) is 26.6. The van der Waals surface area contributed by atoms with Crippen molar-refractivity contribution in [3.05, 3.63) is 101 Å². The van der Waals surface area contributed by atoms with E-state index in [4.69, 9.17) is 4.98 Å². The molecule has 5 aromatic rings. The van der Waals surface area contributed by atoms with E-state index < -0.39 is 0 Å². The Morgan fingerprint density at radius 3 is 1.97 bits per heavy atom. The van der Waals surface area contributed by atoms with E-state index in [1.807, 2.05) is 6.20 Å². The fourth-order valence-corrected chi connectivity index (χ4v) is 5.46. The second-order valence-electron chi connectivity index (χ2n) is 8.44. The highest BCUT2D eigenvalue weighted by atomic mass is 32.1. The zero-order valence-corrected chi connectivity index (χ0v) is 19.2. The van der Waals surface area contributed by atoms with Crippen LogP contribution in [0.25, 0.3) is 42.9 Å². The van der Waals surface area contributed by atoms with Gasteiger partial charge in [0.2, 0.25) is 0 Å². The van der Waals surface area contributed by atoms with Gasteiger partial charge in [-0.1, -0.05) is 59.7 Å². The Kier molecular flexibility index (Phi) is 4.95. The SMILES string of the molecule is Cc1cc(C)cc(-c2cc3cc(-c4ccc(-c5c(C)cccc5C)cc4)sc3cn2)c1. The second kappa shape index (κ2) is 7.79. The van der Waals surface area contributed by atoms with Gasteiger partial charge in [-0.2, -0.15) is 0 Å². The quantitative estimate of drug-likeness (QED) is 0.285. The standard InChI is InChI=1S/C29H25NS/c1-18-12-19(2)14-24(13-18)26-15-25-16-27(31-28(25)17-30-26)22-8-10-23(11-9-22)29-20(3)6-5-7-21(29)4/h5-17H,1-4H3. The fourth-order valence-electron chi connectivity index (χ4n) is 4.44. The van der Waals surface area contributed by atoms with Crippen molar-refractivity contribution < 1.29 is 0 Å². The van der Waals surface area contributed by atoms with Gasteiger partial charge in [0.05, 0.1) is 10.4 Å². The topological polar surface area (TPSA) is 12.9 Å². The third-order valence-corrected chi connectivity index (χ3v) is 7.00. The molecule has 1 nitrogen and oxygen atoms in total. The van der Waals surface area contributed by atoms with Crippen LogP contribution in [0, 0.1) is 27.7 Å². The summed E-state index contributed by atoms with van der Waals surface area (Å²) in [7, 11) is 0. The van der Waals surface area contributed by atoms with Crippen LogP contribution in [0.2, 0.25) is 0 Å². The zero-order chi connectivity index (χ0) is 21.5. The maximum atomic E-state index is 4.75. The summed E-state index contributed by atoms with van der Waals surface area (Å²) in [5.74, 6) is 0. The number of hydrogen-bond acceptors (Lipinski definition) is 2. The number of aryl methyl sites for hydroxylation is 4. The Morgan fingerprint density at radius 1 is 0.645 bits per heavy atom. The van der Waals surface area contributed by atoms with E-state index in [9.17, 15) is 0 Å². The molecule has 0 amide bonds. The Morgan fingerprint density at radius 2 is 1.29 bits per heavy atom. The van der Waals surface area contributed by atoms with Crippen LogP contribution in [-0.2, 0) is 0 Å². The number of thiophene rings is 1. The molecule has 0 bridgehead atoms. The molecule has 0 saturated carbocycles. The van der Waals surface area contributed by atoms with Gasteiger partial charge in [-0.3, -0.25) is 4.98 Å². The van der Waals surface area contributed by atoms with Crippen LogP contribution in [0.15, 0.2) is 79.0 Å². The molecule has 2 aromatic heterocycles. The smallest absolute Gasteiger partial charge is 0.0709 e. The molecule has 31 heavy (non-hydrogen) atoms. The number of aromatic nitrogens is 1. The van der Waals surface area contributed by atoms with E-state index in [0.717, 1.165) is 5.69 Å². The molecule has 0 spiro atoms. The third kappa shape index (κ3) is 3.80. The Balaban J connectivity index is 1.51. The number of hydrogen-bond donors (Lipinski definition) is 0. The molecule has 0 aliphatic heterocycles. The van der Waals surface area contributed by atoms with E-state index in [0.29, 0.717) is 0 Å². The fraction of sp³-hybridized carbons (Fsp3) is 0.138. The maximum Gasteiger partial charge on any atom is 0.0709 e. The van der Waals surface area contributed by atoms with Crippen molar-refractivity contribution in [1.82, 2.24) is 4.98 Å². The second-order valence-corrected chi connectivity index (χ2v) is 9.52. The molecule has 0 aliphatic rings. The minimum atomic E-state index is 1.04. The minimum absolute atomic E-state index is 1.04. The van der Waals surface area contributed by atoms with Crippen LogP contribution in [0.5, 0.6) is 0 Å². The molecule has 0 atom stereocenters. The lowest BCUT2D eigenvalue weighted by Crippen LogP contribution is -1.87. The number of fused-ring (bicyclic) bond motifs is 1. The minimum Gasteiger partial charge on any atom is -0.255 e. The van der Waals surface area contributed by atoms with Crippen molar-refractivity contribution in [3.63, 3.8) is 0 Å². The molecular formula is C29H25NS. The summed E-state index contributed by atoms with van der Waals surface area (Å²) in [6.07, 6.45) is 2.02. The van der Waals surface area contributed by atoms with Gasteiger partial charge < -0.3 is 0 Å². The van der Waals surface area contributed by atoms with Crippen molar-refractivity contribution in [3.8, 4) is 32.8 Å². The van der Waals surface area contributed by atoms with Crippen LogP contribution in [0.1, 0.15) is 22.3 Å². The predicted molar refractivity (Wildman–Crippen MR) is 135 cm³/mol. The normalized spacial score (nSPS) is 11.2. The van der Waals surface area contributed by atoms with Crippen LogP contribution >= 0.6 is 11.3 Å². The highest BCUT2D eigenvalue weighted by molar-refractivity contribution is 7.22. The lowest BCUT2D eigenvalue weighted by atomic mass is 9.95. The number of pyridine rings is 1. The molecule has 3 aromatic carbocycles. The molecule has 0 unspecified atom stereocenters. The monoisotopic (exact) mass is 419 g/mol. The van der Waals surface area contributed by atoms with Crippen molar-refractivity contribution in [2.45, 2.75) is 27.7 Å². The molecule has 0 aliphatic carbocycles. The number of benzene rings is 3. The van der Waals surface area contributed by atoms with Crippen molar-refractivity contribution in [2.75, 3.05) is 0 Å². The first-order valence-corrected chi connectivity index (χ1v) is 11.4. The zero-order valence-electron chi connectivity index (χ0n) is 18.4. The van der Waals surface area contributed by atoms with E-state index >= 15 is 0 Å².